The number of methoxy groups -OCH3 is 2. The molecule has 1 unspecified atom stereocenters. The van der Waals surface area contributed by atoms with Crippen molar-refractivity contribution in [1.82, 2.24) is 5.32 Å². The molecule has 0 aliphatic carbocycles. The van der Waals surface area contributed by atoms with E-state index in [0.29, 0.717) is 5.92 Å². The highest BCUT2D eigenvalue weighted by Gasteiger charge is 2.11. The van der Waals surface area contributed by atoms with Crippen molar-refractivity contribution in [3.8, 4) is 11.5 Å². The van der Waals surface area contributed by atoms with E-state index in [1.807, 2.05) is 6.07 Å². The summed E-state index contributed by atoms with van der Waals surface area (Å²) in [5.74, 6) is 2.50. The van der Waals surface area contributed by atoms with Crippen molar-refractivity contribution in [1.29, 1.82) is 0 Å². The molecule has 0 saturated heterocycles. The Morgan fingerprint density at radius 2 is 1.81 bits per heavy atom. The zero-order valence-corrected chi connectivity index (χ0v) is 15.3. The molecule has 1 N–H and O–H groups in total. The van der Waals surface area contributed by atoms with Gasteiger partial charge < -0.3 is 14.8 Å². The second-order valence-electron chi connectivity index (χ2n) is 5.48. The fourth-order valence-corrected chi connectivity index (χ4v) is 2.80. The van der Waals surface area contributed by atoms with Crippen LogP contribution < -0.4 is 14.8 Å². The minimum atomic E-state index is 0.703. The van der Waals surface area contributed by atoms with E-state index < -0.39 is 0 Å². The molecular formula is C17H28BrNO2. The maximum atomic E-state index is 5.47. The van der Waals surface area contributed by atoms with Gasteiger partial charge in [-0.25, -0.2) is 0 Å². The van der Waals surface area contributed by atoms with Gasteiger partial charge in [0.25, 0.3) is 0 Å². The monoisotopic (exact) mass is 357 g/mol. The van der Waals surface area contributed by atoms with Gasteiger partial charge in [0.05, 0.1) is 18.7 Å². The van der Waals surface area contributed by atoms with Gasteiger partial charge in [-0.3, -0.25) is 0 Å². The number of ether oxygens (including phenoxy) is 2. The molecule has 0 aliphatic rings. The predicted molar refractivity (Wildman–Crippen MR) is 92.5 cm³/mol. The van der Waals surface area contributed by atoms with Gasteiger partial charge in [-0.2, -0.15) is 0 Å². The summed E-state index contributed by atoms with van der Waals surface area (Å²) in [4.78, 5) is 0. The van der Waals surface area contributed by atoms with Gasteiger partial charge in [0, 0.05) is 0 Å². The number of benzene rings is 1. The van der Waals surface area contributed by atoms with Crippen molar-refractivity contribution in [3.05, 3.63) is 22.2 Å². The third-order valence-corrected chi connectivity index (χ3v) is 4.32. The predicted octanol–water partition coefficient (Wildman–Crippen LogP) is 4.42. The van der Waals surface area contributed by atoms with Crippen molar-refractivity contribution in [2.24, 2.45) is 5.92 Å². The summed E-state index contributed by atoms with van der Waals surface area (Å²) in [6.07, 6.45) is 4.59. The van der Waals surface area contributed by atoms with Gasteiger partial charge in [-0.15, -0.1) is 0 Å². The first-order chi connectivity index (χ1) is 10.1. The van der Waals surface area contributed by atoms with Gasteiger partial charge in [0.2, 0.25) is 0 Å². The molecule has 0 radical (unpaired) electrons. The average molecular weight is 358 g/mol. The van der Waals surface area contributed by atoms with Gasteiger partial charge in [0.1, 0.15) is 11.5 Å². The van der Waals surface area contributed by atoms with Crippen LogP contribution in [-0.2, 0) is 6.42 Å². The minimum absolute atomic E-state index is 0.703. The van der Waals surface area contributed by atoms with Crippen LogP contribution in [0.4, 0.5) is 0 Å². The molecule has 0 fully saturated rings. The molecular weight excluding hydrogens is 330 g/mol. The lowest BCUT2D eigenvalue weighted by Crippen LogP contribution is -2.18. The van der Waals surface area contributed by atoms with Crippen LogP contribution in [0.25, 0.3) is 0 Å². The number of rotatable bonds is 10. The second-order valence-corrected chi connectivity index (χ2v) is 6.34. The zero-order valence-electron chi connectivity index (χ0n) is 13.7. The topological polar surface area (TPSA) is 30.5 Å². The highest BCUT2D eigenvalue weighted by molar-refractivity contribution is 9.10. The Balaban J connectivity index is 2.53. The summed E-state index contributed by atoms with van der Waals surface area (Å²) >= 11 is 3.50. The van der Waals surface area contributed by atoms with Gasteiger partial charge >= 0.3 is 0 Å². The molecule has 0 spiro atoms. The van der Waals surface area contributed by atoms with Crippen LogP contribution in [0.15, 0.2) is 16.6 Å². The Morgan fingerprint density at radius 1 is 1.10 bits per heavy atom. The van der Waals surface area contributed by atoms with Crippen LogP contribution >= 0.6 is 15.9 Å². The number of nitrogens with one attached hydrogen (secondary N) is 1. The van der Waals surface area contributed by atoms with E-state index >= 15 is 0 Å². The van der Waals surface area contributed by atoms with Crippen molar-refractivity contribution < 1.29 is 9.47 Å². The van der Waals surface area contributed by atoms with E-state index in [-0.39, 0.29) is 0 Å². The van der Waals surface area contributed by atoms with Crippen LogP contribution in [0.5, 0.6) is 11.5 Å². The fraction of sp³-hybridized carbons (Fsp3) is 0.647. The molecule has 1 aromatic rings. The summed E-state index contributed by atoms with van der Waals surface area (Å²) in [6.45, 7) is 6.74. The van der Waals surface area contributed by atoms with Gasteiger partial charge in [-0.1, -0.05) is 13.8 Å². The number of hydrogen-bond acceptors (Lipinski definition) is 3. The van der Waals surface area contributed by atoms with E-state index in [1.165, 1.54) is 18.4 Å². The smallest absolute Gasteiger partial charge is 0.133 e. The average Bonchev–Trinajstić information content (AvgIpc) is 2.49. The molecule has 120 valence electrons. The summed E-state index contributed by atoms with van der Waals surface area (Å²) in [5, 5.41) is 3.46. The largest absolute Gasteiger partial charge is 0.496 e. The molecule has 0 aromatic heterocycles. The van der Waals surface area contributed by atoms with E-state index in [9.17, 15) is 0 Å². The van der Waals surface area contributed by atoms with Crippen molar-refractivity contribution >= 4 is 15.9 Å². The van der Waals surface area contributed by atoms with E-state index in [2.05, 4.69) is 41.2 Å². The Morgan fingerprint density at radius 3 is 2.43 bits per heavy atom. The lowest BCUT2D eigenvalue weighted by molar-refractivity contribution is 0.393. The molecule has 1 rings (SSSR count). The molecule has 21 heavy (non-hydrogen) atoms. The SMILES string of the molecule is CCCNCCC(C)CCc1cc(OC)c(Br)cc1OC. The summed E-state index contributed by atoms with van der Waals surface area (Å²) in [6, 6.07) is 4.06. The quantitative estimate of drug-likeness (QED) is 0.628. The fourth-order valence-electron chi connectivity index (χ4n) is 2.32. The van der Waals surface area contributed by atoms with E-state index in [1.54, 1.807) is 14.2 Å². The first-order valence-electron chi connectivity index (χ1n) is 7.73. The van der Waals surface area contributed by atoms with E-state index in [4.69, 9.17) is 9.47 Å². The van der Waals surface area contributed by atoms with Crippen LogP contribution in [0.1, 0.15) is 38.7 Å². The van der Waals surface area contributed by atoms with Crippen LogP contribution in [0.2, 0.25) is 0 Å². The van der Waals surface area contributed by atoms with Gasteiger partial charge in [0.15, 0.2) is 0 Å². The van der Waals surface area contributed by atoms with Crippen LogP contribution in [-0.4, -0.2) is 27.3 Å². The molecule has 4 heteroatoms. The molecule has 3 nitrogen and oxygen atoms in total. The first kappa shape index (κ1) is 18.3. The normalized spacial score (nSPS) is 12.2. The second kappa shape index (κ2) is 10.1. The molecule has 0 heterocycles. The highest BCUT2D eigenvalue weighted by Crippen LogP contribution is 2.33. The van der Waals surface area contributed by atoms with Gasteiger partial charge in [-0.05, 0) is 78.3 Å². The van der Waals surface area contributed by atoms with E-state index in [0.717, 1.165) is 41.9 Å². The maximum Gasteiger partial charge on any atom is 0.133 e. The summed E-state index contributed by atoms with van der Waals surface area (Å²) in [7, 11) is 3.41. The molecule has 0 aliphatic heterocycles. The Hall–Kier alpha value is -0.740. The van der Waals surface area contributed by atoms with Crippen LogP contribution in [0.3, 0.4) is 0 Å². The molecule has 1 aromatic carbocycles. The van der Waals surface area contributed by atoms with Crippen molar-refractivity contribution in [2.45, 2.75) is 39.5 Å². The Bertz CT molecular complexity index is 423. The number of aryl methyl sites for hydroxylation is 1. The van der Waals surface area contributed by atoms with Crippen molar-refractivity contribution in [2.75, 3.05) is 27.3 Å². The highest BCUT2D eigenvalue weighted by atomic mass is 79.9. The molecule has 0 bridgehead atoms. The molecule has 1 atom stereocenters. The Kier molecular flexibility index (Phi) is 8.77. The zero-order chi connectivity index (χ0) is 15.7. The van der Waals surface area contributed by atoms with Crippen LogP contribution in [0, 0.1) is 5.92 Å². The third-order valence-electron chi connectivity index (χ3n) is 3.70. The standard InChI is InChI=1S/C17H28BrNO2/c1-5-9-19-10-8-13(2)6-7-14-11-17(21-4)15(18)12-16(14)20-3/h11-13,19H,5-10H2,1-4H3. The molecule has 0 amide bonds. The summed E-state index contributed by atoms with van der Waals surface area (Å²) < 4.78 is 11.8. The van der Waals surface area contributed by atoms with Crippen molar-refractivity contribution in [3.63, 3.8) is 0 Å². The first-order valence-corrected chi connectivity index (χ1v) is 8.52. The third kappa shape index (κ3) is 6.27. The minimum Gasteiger partial charge on any atom is -0.496 e. The number of halogens is 1. The molecule has 0 saturated carbocycles. The maximum absolute atomic E-state index is 5.47. The number of hydrogen-bond donors (Lipinski definition) is 1. The summed E-state index contributed by atoms with van der Waals surface area (Å²) in [5.41, 5.74) is 1.21. The lowest BCUT2D eigenvalue weighted by Gasteiger charge is -2.15. The Labute approximate surface area is 137 Å². The lowest BCUT2D eigenvalue weighted by atomic mass is 9.97.